The number of aryl methyl sites for hydroxylation is 1. The van der Waals surface area contributed by atoms with Gasteiger partial charge in [0.05, 0.1) is 0 Å². The molecule has 0 radical (unpaired) electrons. The van der Waals surface area contributed by atoms with E-state index in [1.807, 2.05) is 32.9 Å². The third-order valence-corrected chi connectivity index (χ3v) is 6.24. The van der Waals surface area contributed by atoms with Crippen LogP contribution in [0.25, 0.3) is 0 Å². The first kappa shape index (κ1) is 24.4. The van der Waals surface area contributed by atoms with Crippen LogP contribution in [-0.2, 0) is 4.79 Å². The third-order valence-electron chi connectivity index (χ3n) is 6.24. The van der Waals surface area contributed by atoms with Crippen LogP contribution in [0.5, 0.6) is 0 Å². The Kier molecular flexibility index (Phi) is 8.20. The summed E-state index contributed by atoms with van der Waals surface area (Å²) < 4.78 is 13.2. The molecule has 0 aromatic heterocycles. The molecule has 2 N–H and O–H groups in total. The molecule has 7 heteroatoms. The molecule has 0 bridgehead atoms. The van der Waals surface area contributed by atoms with Gasteiger partial charge in [-0.05, 0) is 75.4 Å². The summed E-state index contributed by atoms with van der Waals surface area (Å²) in [6.07, 6.45) is 1.95. The van der Waals surface area contributed by atoms with E-state index in [9.17, 15) is 18.8 Å². The number of hydrogen-bond donors (Lipinski definition) is 2. The molecular weight excluding hydrogens is 421 g/mol. The molecule has 2 atom stereocenters. The van der Waals surface area contributed by atoms with E-state index in [4.69, 9.17) is 0 Å². The van der Waals surface area contributed by atoms with E-state index in [0.29, 0.717) is 37.1 Å². The number of piperidine rings is 1. The van der Waals surface area contributed by atoms with Crippen molar-refractivity contribution in [3.8, 4) is 0 Å². The number of hydrogen-bond acceptors (Lipinski definition) is 3. The summed E-state index contributed by atoms with van der Waals surface area (Å²) >= 11 is 0. The molecule has 1 aliphatic rings. The van der Waals surface area contributed by atoms with Crippen molar-refractivity contribution in [2.45, 2.75) is 52.1 Å². The summed E-state index contributed by atoms with van der Waals surface area (Å²) in [5.74, 6) is -1.12. The molecule has 6 nitrogen and oxygen atoms in total. The van der Waals surface area contributed by atoms with Gasteiger partial charge in [0.2, 0.25) is 5.91 Å². The molecule has 0 saturated carbocycles. The normalized spacial score (nSPS) is 16.1. The number of carbonyl (C=O) groups excluding carboxylic acids is 3. The van der Waals surface area contributed by atoms with Crippen LogP contribution >= 0.6 is 0 Å². The largest absolute Gasteiger partial charge is 0.352 e. The Labute approximate surface area is 194 Å². The average Bonchev–Trinajstić information content (AvgIpc) is 2.82. The van der Waals surface area contributed by atoms with Gasteiger partial charge in [0.25, 0.3) is 11.8 Å². The zero-order chi connectivity index (χ0) is 24.0. The molecule has 2 aromatic carbocycles. The van der Waals surface area contributed by atoms with E-state index in [0.717, 1.165) is 12.0 Å². The van der Waals surface area contributed by atoms with Gasteiger partial charge in [-0.25, -0.2) is 4.39 Å². The molecule has 1 aliphatic heterocycles. The van der Waals surface area contributed by atoms with Gasteiger partial charge in [-0.15, -0.1) is 0 Å². The summed E-state index contributed by atoms with van der Waals surface area (Å²) in [6.45, 7) is 6.77. The molecule has 1 heterocycles. The summed E-state index contributed by atoms with van der Waals surface area (Å²) in [5, 5.41) is 5.94. The minimum Gasteiger partial charge on any atom is -0.352 e. The highest BCUT2D eigenvalue weighted by Crippen LogP contribution is 2.23. The van der Waals surface area contributed by atoms with Gasteiger partial charge in [-0.1, -0.05) is 24.6 Å². The van der Waals surface area contributed by atoms with Gasteiger partial charge in [-0.3, -0.25) is 14.4 Å². The number of benzene rings is 2. The number of rotatable bonds is 7. The fourth-order valence-corrected chi connectivity index (χ4v) is 4.05. The van der Waals surface area contributed by atoms with Gasteiger partial charge in [0.1, 0.15) is 11.9 Å². The first-order valence-electron chi connectivity index (χ1n) is 11.5. The second-order valence-electron chi connectivity index (χ2n) is 8.78. The minimum atomic E-state index is -0.685. The van der Waals surface area contributed by atoms with E-state index < -0.39 is 6.04 Å². The molecule has 33 heavy (non-hydrogen) atoms. The van der Waals surface area contributed by atoms with E-state index >= 15 is 0 Å². The van der Waals surface area contributed by atoms with Crippen LogP contribution in [0.15, 0.2) is 48.5 Å². The Morgan fingerprint density at radius 3 is 2.30 bits per heavy atom. The van der Waals surface area contributed by atoms with Crippen LogP contribution in [0, 0.1) is 18.7 Å². The molecule has 2 unspecified atom stereocenters. The number of halogens is 1. The monoisotopic (exact) mass is 453 g/mol. The first-order valence-corrected chi connectivity index (χ1v) is 11.5. The second-order valence-corrected chi connectivity index (χ2v) is 8.78. The quantitative estimate of drug-likeness (QED) is 0.671. The molecule has 3 rings (SSSR count). The van der Waals surface area contributed by atoms with E-state index in [2.05, 4.69) is 10.6 Å². The van der Waals surface area contributed by atoms with Crippen LogP contribution in [0.3, 0.4) is 0 Å². The number of carbonyl (C=O) groups is 3. The number of likely N-dealkylation sites (tertiary alicyclic amines) is 1. The Morgan fingerprint density at radius 2 is 1.70 bits per heavy atom. The zero-order valence-corrected chi connectivity index (χ0v) is 19.4. The lowest BCUT2D eigenvalue weighted by Gasteiger charge is -2.36. The predicted octanol–water partition coefficient (Wildman–Crippen LogP) is 3.70. The van der Waals surface area contributed by atoms with Gasteiger partial charge in [-0.2, -0.15) is 0 Å². The topological polar surface area (TPSA) is 78.5 Å². The molecule has 1 saturated heterocycles. The van der Waals surface area contributed by atoms with Gasteiger partial charge in [0.15, 0.2) is 0 Å². The van der Waals surface area contributed by atoms with E-state index in [-0.39, 0.29) is 35.5 Å². The van der Waals surface area contributed by atoms with Crippen LogP contribution in [0.1, 0.15) is 59.4 Å². The maximum Gasteiger partial charge on any atom is 0.253 e. The molecule has 176 valence electrons. The van der Waals surface area contributed by atoms with Crippen molar-refractivity contribution in [1.82, 2.24) is 15.5 Å². The zero-order valence-electron chi connectivity index (χ0n) is 19.4. The van der Waals surface area contributed by atoms with Gasteiger partial charge >= 0.3 is 0 Å². The fraction of sp³-hybridized carbons (Fsp3) is 0.423. The Morgan fingerprint density at radius 1 is 1.03 bits per heavy atom. The molecule has 0 spiro atoms. The highest BCUT2D eigenvalue weighted by atomic mass is 19.1. The van der Waals surface area contributed by atoms with Crippen molar-refractivity contribution >= 4 is 17.7 Å². The lowest BCUT2D eigenvalue weighted by Crippen LogP contribution is -2.55. The average molecular weight is 454 g/mol. The standard InChI is InChI=1S/C26H32FN3O3/c1-4-18(3)28-25(32)23(29-24(31)21-7-5-6-17(2)16-21)19-12-14-30(15-13-19)26(33)20-8-10-22(27)11-9-20/h5-11,16,18-19,23H,4,12-15H2,1-3H3,(H,28,32)(H,29,31). The number of nitrogens with one attached hydrogen (secondary N) is 2. The molecular formula is C26H32FN3O3. The smallest absolute Gasteiger partial charge is 0.253 e. The van der Waals surface area contributed by atoms with Crippen molar-refractivity contribution in [2.75, 3.05) is 13.1 Å². The van der Waals surface area contributed by atoms with Crippen molar-refractivity contribution in [2.24, 2.45) is 5.92 Å². The van der Waals surface area contributed by atoms with Crippen molar-refractivity contribution in [3.63, 3.8) is 0 Å². The summed E-state index contributed by atoms with van der Waals surface area (Å²) in [4.78, 5) is 40.5. The first-order chi connectivity index (χ1) is 15.8. The van der Waals surface area contributed by atoms with Crippen LogP contribution in [0.2, 0.25) is 0 Å². The molecule has 2 aromatic rings. The fourth-order valence-electron chi connectivity index (χ4n) is 4.05. The van der Waals surface area contributed by atoms with Crippen LogP contribution < -0.4 is 10.6 Å². The Hall–Kier alpha value is -3.22. The minimum absolute atomic E-state index is 0.00369. The maximum atomic E-state index is 13.2. The van der Waals surface area contributed by atoms with E-state index in [1.165, 1.54) is 24.3 Å². The van der Waals surface area contributed by atoms with Crippen LogP contribution in [-0.4, -0.2) is 47.8 Å². The van der Waals surface area contributed by atoms with E-state index in [1.54, 1.807) is 17.0 Å². The summed E-state index contributed by atoms with van der Waals surface area (Å²) in [5.41, 5.74) is 1.92. The van der Waals surface area contributed by atoms with Crippen molar-refractivity contribution < 1.29 is 18.8 Å². The van der Waals surface area contributed by atoms with Gasteiger partial charge in [0, 0.05) is 30.3 Å². The maximum absolute atomic E-state index is 13.2. The Balaban J connectivity index is 1.70. The highest BCUT2D eigenvalue weighted by molar-refractivity contribution is 5.98. The number of nitrogens with zero attached hydrogens (tertiary/aromatic N) is 1. The van der Waals surface area contributed by atoms with Crippen molar-refractivity contribution in [3.05, 3.63) is 71.0 Å². The highest BCUT2D eigenvalue weighted by Gasteiger charge is 2.34. The van der Waals surface area contributed by atoms with Gasteiger partial charge < -0.3 is 15.5 Å². The summed E-state index contributed by atoms with van der Waals surface area (Å²) in [7, 11) is 0. The summed E-state index contributed by atoms with van der Waals surface area (Å²) in [6, 6.07) is 12.1. The molecule has 3 amide bonds. The lowest BCUT2D eigenvalue weighted by molar-refractivity contribution is -0.125. The molecule has 0 aliphatic carbocycles. The predicted molar refractivity (Wildman–Crippen MR) is 125 cm³/mol. The lowest BCUT2D eigenvalue weighted by atomic mass is 9.88. The number of amides is 3. The SMILES string of the molecule is CCC(C)NC(=O)C(NC(=O)c1cccc(C)c1)C1CCN(C(=O)c2ccc(F)cc2)CC1. The second kappa shape index (κ2) is 11.1. The Bertz CT molecular complexity index is 985. The van der Waals surface area contributed by atoms with Crippen molar-refractivity contribution in [1.29, 1.82) is 0 Å². The van der Waals surface area contributed by atoms with Crippen LogP contribution in [0.4, 0.5) is 4.39 Å². The molecule has 1 fully saturated rings. The third kappa shape index (κ3) is 6.40.